The molecule has 7 nitrogen and oxygen atoms in total. The molecule has 37 heavy (non-hydrogen) atoms. The van der Waals surface area contributed by atoms with Crippen molar-refractivity contribution < 1.29 is 4.79 Å². The van der Waals surface area contributed by atoms with Gasteiger partial charge in [0.05, 0.1) is 22.8 Å². The van der Waals surface area contributed by atoms with E-state index in [0.717, 1.165) is 34.0 Å². The number of rotatable bonds is 7. The summed E-state index contributed by atoms with van der Waals surface area (Å²) in [5, 5.41) is 7.65. The Bertz CT molecular complexity index is 1420. The van der Waals surface area contributed by atoms with Crippen molar-refractivity contribution in [2.45, 2.75) is 32.4 Å². The minimum atomic E-state index is -0.205. The molecule has 1 aliphatic rings. The highest BCUT2D eigenvalue weighted by molar-refractivity contribution is 7.80. The van der Waals surface area contributed by atoms with Crippen molar-refractivity contribution in [3.63, 3.8) is 0 Å². The summed E-state index contributed by atoms with van der Waals surface area (Å²) >= 11 is 11.9. The van der Waals surface area contributed by atoms with Crippen molar-refractivity contribution in [2.24, 2.45) is 0 Å². The van der Waals surface area contributed by atoms with Gasteiger partial charge >= 0.3 is 0 Å². The molecule has 188 valence electrons. The Kier molecular flexibility index (Phi) is 7.21. The van der Waals surface area contributed by atoms with Gasteiger partial charge in [0.2, 0.25) is 5.91 Å². The Labute approximate surface area is 226 Å². The fourth-order valence-electron chi connectivity index (χ4n) is 4.63. The zero-order valence-electron chi connectivity index (χ0n) is 20.6. The number of amides is 1. The van der Waals surface area contributed by atoms with Crippen LogP contribution >= 0.6 is 23.8 Å². The van der Waals surface area contributed by atoms with Gasteiger partial charge in [-0.2, -0.15) is 0 Å². The normalized spacial score (nSPS) is 17.1. The second kappa shape index (κ2) is 10.7. The van der Waals surface area contributed by atoms with Crippen LogP contribution in [0.3, 0.4) is 0 Å². The van der Waals surface area contributed by atoms with Crippen molar-refractivity contribution >= 4 is 40.5 Å². The molecule has 0 saturated carbocycles. The van der Waals surface area contributed by atoms with Crippen molar-refractivity contribution in [2.75, 3.05) is 11.9 Å². The van der Waals surface area contributed by atoms with Gasteiger partial charge in [0, 0.05) is 42.9 Å². The number of nitrogens with zero attached hydrogens (tertiary/aromatic N) is 4. The van der Waals surface area contributed by atoms with Crippen LogP contribution in [-0.4, -0.2) is 37.0 Å². The van der Waals surface area contributed by atoms with Crippen LogP contribution in [-0.2, 0) is 4.79 Å². The molecule has 3 aromatic heterocycles. The van der Waals surface area contributed by atoms with Gasteiger partial charge in [0.15, 0.2) is 5.11 Å². The van der Waals surface area contributed by atoms with Gasteiger partial charge in [0.1, 0.15) is 5.82 Å². The highest BCUT2D eigenvalue weighted by Gasteiger charge is 2.41. The average molecular weight is 531 g/mol. The standard InChI is InChI=1S/C28H27ClN6OS/c1-18-8-9-19(2)22(16-18)32-25(36)12-15-35-27(26(33-28(35)37)21-6-3-4-13-30-21)23-7-5-14-34(23)24-11-10-20(29)17-31-24/h3-11,13-14,16-17,26-27H,12,15H2,1-2H3,(H,32,36)(H,33,37). The van der Waals surface area contributed by atoms with Gasteiger partial charge in [-0.15, -0.1) is 0 Å². The van der Waals surface area contributed by atoms with Crippen LogP contribution in [0.2, 0.25) is 5.02 Å². The molecule has 0 radical (unpaired) electrons. The minimum Gasteiger partial charge on any atom is -0.352 e. The molecule has 9 heteroatoms. The van der Waals surface area contributed by atoms with Gasteiger partial charge in [-0.1, -0.05) is 29.8 Å². The molecule has 1 aromatic carbocycles. The highest BCUT2D eigenvalue weighted by Crippen LogP contribution is 2.39. The van der Waals surface area contributed by atoms with Crippen LogP contribution in [0.1, 0.15) is 41.0 Å². The number of anilines is 1. The number of aryl methyl sites for hydroxylation is 2. The summed E-state index contributed by atoms with van der Waals surface area (Å²) in [6.07, 6.45) is 5.65. The number of halogens is 1. The fourth-order valence-corrected chi connectivity index (χ4v) is 5.07. The smallest absolute Gasteiger partial charge is 0.226 e. The van der Waals surface area contributed by atoms with E-state index >= 15 is 0 Å². The number of benzene rings is 1. The molecule has 2 N–H and O–H groups in total. The van der Waals surface area contributed by atoms with Crippen LogP contribution in [0, 0.1) is 13.8 Å². The lowest BCUT2D eigenvalue weighted by atomic mass is 10.0. The first kappa shape index (κ1) is 24.9. The molecule has 1 fully saturated rings. The number of hydrogen-bond acceptors (Lipinski definition) is 4. The van der Waals surface area contributed by atoms with E-state index in [9.17, 15) is 4.79 Å². The molecule has 4 aromatic rings. The second-order valence-electron chi connectivity index (χ2n) is 9.07. The maximum absolute atomic E-state index is 13.0. The maximum atomic E-state index is 13.0. The van der Waals surface area contributed by atoms with Crippen LogP contribution < -0.4 is 10.6 Å². The predicted octanol–water partition coefficient (Wildman–Crippen LogP) is 5.54. The summed E-state index contributed by atoms with van der Waals surface area (Å²) in [4.78, 5) is 24.1. The number of hydrogen-bond donors (Lipinski definition) is 2. The number of carbonyl (C=O) groups is 1. The van der Waals surface area contributed by atoms with E-state index < -0.39 is 0 Å². The third kappa shape index (κ3) is 5.35. The van der Waals surface area contributed by atoms with Crippen LogP contribution in [0.5, 0.6) is 0 Å². The maximum Gasteiger partial charge on any atom is 0.226 e. The number of thiocarbonyl (C=S) groups is 1. The molecule has 1 amide bonds. The summed E-state index contributed by atoms with van der Waals surface area (Å²) in [6, 6.07) is 19.2. The summed E-state index contributed by atoms with van der Waals surface area (Å²) in [6.45, 7) is 4.44. The van der Waals surface area contributed by atoms with Crippen LogP contribution in [0.4, 0.5) is 5.69 Å². The minimum absolute atomic E-state index is 0.0636. The molecule has 0 bridgehead atoms. The Balaban J connectivity index is 1.44. The summed E-state index contributed by atoms with van der Waals surface area (Å²) in [5.74, 6) is 0.681. The molecule has 2 atom stereocenters. The first-order valence-electron chi connectivity index (χ1n) is 12.0. The van der Waals surface area contributed by atoms with E-state index in [4.69, 9.17) is 23.8 Å². The van der Waals surface area contributed by atoms with Gasteiger partial charge in [-0.05, 0) is 79.7 Å². The summed E-state index contributed by atoms with van der Waals surface area (Å²) in [7, 11) is 0. The van der Waals surface area contributed by atoms with Crippen molar-refractivity contribution in [3.8, 4) is 5.82 Å². The van der Waals surface area contributed by atoms with Crippen LogP contribution in [0.25, 0.3) is 5.82 Å². The fraction of sp³-hybridized carbons (Fsp3) is 0.214. The molecule has 0 aliphatic carbocycles. The molecule has 2 unspecified atom stereocenters. The molecular weight excluding hydrogens is 504 g/mol. The van der Waals surface area contributed by atoms with E-state index in [-0.39, 0.29) is 24.4 Å². The largest absolute Gasteiger partial charge is 0.352 e. The zero-order chi connectivity index (χ0) is 25.9. The first-order valence-corrected chi connectivity index (χ1v) is 12.8. The summed E-state index contributed by atoms with van der Waals surface area (Å²) in [5.41, 5.74) is 4.80. The van der Waals surface area contributed by atoms with E-state index in [1.807, 2.05) is 79.2 Å². The van der Waals surface area contributed by atoms with Gasteiger partial charge in [-0.3, -0.25) is 9.78 Å². The van der Waals surface area contributed by atoms with Crippen LogP contribution in [0.15, 0.2) is 79.3 Å². The SMILES string of the molecule is Cc1ccc(C)c(NC(=O)CCN2C(=S)NC(c3ccccn3)C2c2cccn2-c2ccc(Cl)cn2)c1. The van der Waals surface area contributed by atoms with E-state index in [0.29, 0.717) is 16.7 Å². The molecule has 1 saturated heterocycles. The number of nitrogens with one attached hydrogen (secondary N) is 2. The van der Waals surface area contributed by atoms with E-state index in [1.54, 1.807) is 12.4 Å². The Morgan fingerprint density at radius 2 is 1.97 bits per heavy atom. The van der Waals surface area contributed by atoms with Crippen molar-refractivity contribution in [1.29, 1.82) is 0 Å². The lowest BCUT2D eigenvalue weighted by molar-refractivity contribution is -0.116. The summed E-state index contributed by atoms with van der Waals surface area (Å²) < 4.78 is 2.02. The second-order valence-corrected chi connectivity index (χ2v) is 9.90. The number of carbonyl (C=O) groups excluding carboxylic acids is 1. The molecule has 4 heterocycles. The average Bonchev–Trinajstić information content (AvgIpc) is 3.50. The lowest BCUT2D eigenvalue weighted by Crippen LogP contribution is -2.33. The highest BCUT2D eigenvalue weighted by atomic mass is 35.5. The topological polar surface area (TPSA) is 75.1 Å². The van der Waals surface area contributed by atoms with E-state index in [2.05, 4.69) is 31.6 Å². The Hall–Kier alpha value is -3.75. The molecular formula is C28H27ClN6OS. The van der Waals surface area contributed by atoms with Crippen molar-refractivity contribution in [3.05, 3.63) is 107 Å². The van der Waals surface area contributed by atoms with Gasteiger partial charge in [0.25, 0.3) is 0 Å². The first-order chi connectivity index (χ1) is 17.9. The Morgan fingerprint density at radius 3 is 2.73 bits per heavy atom. The monoisotopic (exact) mass is 530 g/mol. The predicted molar refractivity (Wildman–Crippen MR) is 150 cm³/mol. The number of pyridine rings is 2. The zero-order valence-corrected chi connectivity index (χ0v) is 22.1. The number of aromatic nitrogens is 3. The Morgan fingerprint density at radius 1 is 1.11 bits per heavy atom. The van der Waals surface area contributed by atoms with E-state index in [1.165, 1.54) is 0 Å². The van der Waals surface area contributed by atoms with Gasteiger partial charge < -0.3 is 20.1 Å². The van der Waals surface area contributed by atoms with Gasteiger partial charge in [-0.25, -0.2) is 4.98 Å². The van der Waals surface area contributed by atoms with Crippen molar-refractivity contribution in [1.82, 2.24) is 24.8 Å². The quantitative estimate of drug-likeness (QED) is 0.306. The lowest BCUT2D eigenvalue weighted by Gasteiger charge is -2.28. The molecule has 0 spiro atoms. The molecule has 1 aliphatic heterocycles. The third-order valence-corrected chi connectivity index (χ3v) is 7.06. The third-order valence-electron chi connectivity index (χ3n) is 6.49. The molecule has 5 rings (SSSR count).